The van der Waals surface area contributed by atoms with Crippen LogP contribution in [0.15, 0.2) is 0 Å². The van der Waals surface area contributed by atoms with Crippen LogP contribution in [0.1, 0.15) is 53.4 Å². The number of nitrogens with two attached hydrogens (primary N) is 1. The first kappa shape index (κ1) is 14.9. The molecule has 0 amide bonds. The molecule has 2 N–H and O–H groups in total. The molecular weight excluding hydrogens is 184 g/mol. The predicted octanol–water partition coefficient (Wildman–Crippen LogP) is 2.87. The van der Waals surface area contributed by atoms with Gasteiger partial charge in [-0.1, -0.05) is 40.5 Å². The van der Waals surface area contributed by atoms with E-state index in [1.807, 2.05) is 0 Å². The maximum Gasteiger partial charge on any atom is 0.0241 e. The lowest BCUT2D eigenvalue weighted by atomic mass is 9.99. The Labute approximate surface area is 96.2 Å². The molecule has 0 spiro atoms. The van der Waals surface area contributed by atoms with Gasteiger partial charge in [-0.05, 0) is 25.8 Å². The Morgan fingerprint density at radius 1 is 1.13 bits per heavy atom. The monoisotopic (exact) mass is 214 g/mol. The summed E-state index contributed by atoms with van der Waals surface area (Å²) in [6.07, 6.45) is 4.75. The molecule has 0 radical (unpaired) electrons. The van der Waals surface area contributed by atoms with Gasteiger partial charge >= 0.3 is 0 Å². The van der Waals surface area contributed by atoms with Crippen molar-refractivity contribution in [3.05, 3.63) is 0 Å². The van der Waals surface area contributed by atoms with E-state index in [0.717, 1.165) is 18.8 Å². The van der Waals surface area contributed by atoms with E-state index in [0.29, 0.717) is 12.1 Å². The Hall–Kier alpha value is -0.0800. The molecule has 0 bridgehead atoms. The van der Waals surface area contributed by atoms with E-state index in [2.05, 4.69) is 39.6 Å². The Morgan fingerprint density at radius 3 is 2.13 bits per heavy atom. The van der Waals surface area contributed by atoms with Gasteiger partial charge in [0.15, 0.2) is 0 Å². The van der Waals surface area contributed by atoms with E-state index in [1.165, 1.54) is 19.4 Å². The molecule has 0 aromatic carbocycles. The van der Waals surface area contributed by atoms with Crippen molar-refractivity contribution < 1.29 is 0 Å². The Kier molecular flexibility index (Phi) is 8.07. The van der Waals surface area contributed by atoms with Crippen LogP contribution in [-0.2, 0) is 0 Å². The number of rotatable bonds is 8. The summed E-state index contributed by atoms with van der Waals surface area (Å²) in [7, 11) is 2.22. The largest absolute Gasteiger partial charge is 0.326 e. The summed E-state index contributed by atoms with van der Waals surface area (Å²) in [5, 5.41) is 0. The standard InChI is InChI=1S/C13H30N2/c1-6-9-12(14)13(8-3)15(5)10-11(4)7-2/h11-13H,6-10,14H2,1-5H3. The lowest BCUT2D eigenvalue weighted by molar-refractivity contribution is 0.174. The average Bonchev–Trinajstić information content (AvgIpc) is 2.19. The molecule has 92 valence electrons. The van der Waals surface area contributed by atoms with Crippen LogP contribution >= 0.6 is 0 Å². The van der Waals surface area contributed by atoms with Crippen molar-refractivity contribution in [3.63, 3.8) is 0 Å². The molecular formula is C13H30N2. The van der Waals surface area contributed by atoms with Crippen molar-refractivity contribution in [1.29, 1.82) is 0 Å². The first-order valence-electron chi connectivity index (χ1n) is 6.52. The zero-order valence-corrected chi connectivity index (χ0v) is 11.3. The third-order valence-electron chi connectivity index (χ3n) is 3.40. The average molecular weight is 214 g/mol. The molecule has 3 unspecified atom stereocenters. The van der Waals surface area contributed by atoms with E-state index < -0.39 is 0 Å². The first-order valence-corrected chi connectivity index (χ1v) is 6.52. The van der Waals surface area contributed by atoms with E-state index in [9.17, 15) is 0 Å². The van der Waals surface area contributed by atoms with Crippen LogP contribution in [0.2, 0.25) is 0 Å². The number of likely N-dealkylation sites (N-methyl/N-ethyl adjacent to an activating group) is 1. The molecule has 0 aliphatic carbocycles. The van der Waals surface area contributed by atoms with Crippen molar-refractivity contribution in [2.45, 2.75) is 65.5 Å². The van der Waals surface area contributed by atoms with Gasteiger partial charge in [-0.3, -0.25) is 0 Å². The van der Waals surface area contributed by atoms with Gasteiger partial charge in [0, 0.05) is 18.6 Å². The second-order valence-electron chi connectivity index (χ2n) is 4.88. The second kappa shape index (κ2) is 8.12. The molecule has 0 saturated heterocycles. The minimum absolute atomic E-state index is 0.342. The maximum absolute atomic E-state index is 6.22. The van der Waals surface area contributed by atoms with Crippen molar-refractivity contribution in [2.24, 2.45) is 11.7 Å². The molecule has 0 aromatic heterocycles. The quantitative estimate of drug-likeness (QED) is 0.673. The SMILES string of the molecule is CCCC(N)C(CC)N(C)CC(C)CC. The summed E-state index contributed by atoms with van der Waals surface area (Å²) in [5.41, 5.74) is 6.22. The van der Waals surface area contributed by atoms with Crippen molar-refractivity contribution in [1.82, 2.24) is 4.90 Å². The molecule has 0 saturated carbocycles. The minimum Gasteiger partial charge on any atom is -0.326 e. The molecule has 0 aliphatic heterocycles. The van der Waals surface area contributed by atoms with E-state index in [4.69, 9.17) is 5.73 Å². The lowest BCUT2D eigenvalue weighted by Crippen LogP contribution is -2.46. The predicted molar refractivity (Wildman–Crippen MR) is 69.0 cm³/mol. The van der Waals surface area contributed by atoms with Gasteiger partial charge in [0.05, 0.1) is 0 Å². The molecule has 0 aliphatic rings. The summed E-state index contributed by atoms with van der Waals surface area (Å²) >= 11 is 0. The van der Waals surface area contributed by atoms with Crippen molar-refractivity contribution in [2.75, 3.05) is 13.6 Å². The van der Waals surface area contributed by atoms with E-state index in [-0.39, 0.29) is 0 Å². The Morgan fingerprint density at radius 2 is 1.73 bits per heavy atom. The summed E-state index contributed by atoms with van der Waals surface area (Å²) in [6.45, 7) is 10.2. The van der Waals surface area contributed by atoms with Crippen LogP contribution in [0.4, 0.5) is 0 Å². The fourth-order valence-electron chi connectivity index (χ4n) is 2.22. The normalized spacial score (nSPS) is 17.8. The molecule has 3 atom stereocenters. The van der Waals surface area contributed by atoms with Crippen LogP contribution < -0.4 is 5.73 Å². The van der Waals surface area contributed by atoms with Gasteiger partial charge in [0.1, 0.15) is 0 Å². The van der Waals surface area contributed by atoms with Crippen molar-refractivity contribution >= 4 is 0 Å². The minimum atomic E-state index is 0.342. The molecule has 2 nitrogen and oxygen atoms in total. The van der Waals surface area contributed by atoms with Gasteiger partial charge in [-0.25, -0.2) is 0 Å². The molecule has 0 rings (SSSR count). The Bertz CT molecular complexity index is 147. The van der Waals surface area contributed by atoms with Crippen LogP contribution in [0.3, 0.4) is 0 Å². The maximum atomic E-state index is 6.22. The van der Waals surface area contributed by atoms with Crippen LogP contribution in [0.5, 0.6) is 0 Å². The topological polar surface area (TPSA) is 29.3 Å². The highest BCUT2D eigenvalue weighted by Crippen LogP contribution is 2.13. The summed E-state index contributed by atoms with van der Waals surface area (Å²) in [4.78, 5) is 2.45. The van der Waals surface area contributed by atoms with Gasteiger partial charge in [-0.2, -0.15) is 0 Å². The summed E-state index contributed by atoms with van der Waals surface area (Å²) in [6, 6.07) is 0.896. The van der Waals surface area contributed by atoms with E-state index >= 15 is 0 Å². The van der Waals surface area contributed by atoms with Gasteiger partial charge in [0.25, 0.3) is 0 Å². The van der Waals surface area contributed by atoms with Crippen LogP contribution in [0.25, 0.3) is 0 Å². The first-order chi connectivity index (χ1) is 7.06. The molecule has 0 aromatic rings. The van der Waals surface area contributed by atoms with Gasteiger partial charge in [0.2, 0.25) is 0 Å². The van der Waals surface area contributed by atoms with E-state index in [1.54, 1.807) is 0 Å². The zero-order chi connectivity index (χ0) is 11.8. The third kappa shape index (κ3) is 5.53. The third-order valence-corrected chi connectivity index (χ3v) is 3.40. The highest BCUT2D eigenvalue weighted by atomic mass is 15.1. The van der Waals surface area contributed by atoms with Crippen LogP contribution in [-0.4, -0.2) is 30.6 Å². The molecule has 0 heterocycles. The summed E-state index contributed by atoms with van der Waals surface area (Å²) in [5.74, 6) is 0.776. The molecule has 2 heteroatoms. The number of hydrogen-bond donors (Lipinski definition) is 1. The fraction of sp³-hybridized carbons (Fsp3) is 1.00. The second-order valence-corrected chi connectivity index (χ2v) is 4.88. The lowest BCUT2D eigenvalue weighted by Gasteiger charge is -2.33. The molecule has 0 fully saturated rings. The highest BCUT2D eigenvalue weighted by molar-refractivity contribution is 4.79. The van der Waals surface area contributed by atoms with Gasteiger partial charge < -0.3 is 10.6 Å². The Balaban J connectivity index is 4.13. The summed E-state index contributed by atoms with van der Waals surface area (Å²) < 4.78 is 0. The van der Waals surface area contributed by atoms with Crippen LogP contribution in [0, 0.1) is 5.92 Å². The van der Waals surface area contributed by atoms with Gasteiger partial charge in [-0.15, -0.1) is 0 Å². The highest BCUT2D eigenvalue weighted by Gasteiger charge is 2.20. The number of hydrogen-bond acceptors (Lipinski definition) is 2. The number of nitrogens with zero attached hydrogens (tertiary/aromatic N) is 1. The molecule has 15 heavy (non-hydrogen) atoms. The fourth-order valence-corrected chi connectivity index (χ4v) is 2.22. The zero-order valence-electron chi connectivity index (χ0n) is 11.3. The van der Waals surface area contributed by atoms with Crippen molar-refractivity contribution in [3.8, 4) is 0 Å². The smallest absolute Gasteiger partial charge is 0.0241 e.